The lowest BCUT2D eigenvalue weighted by Crippen LogP contribution is -2.27. The van der Waals surface area contributed by atoms with Crippen molar-refractivity contribution in [3.8, 4) is 16.9 Å². The Balaban J connectivity index is 1.91. The van der Waals surface area contributed by atoms with Crippen molar-refractivity contribution in [2.45, 2.75) is 11.4 Å². The molecule has 4 rings (SSSR count). The van der Waals surface area contributed by atoms with Gasteiger partial charge in [-0.1, -0.05) is 64.6 Å². The molecule has 0 atom stereocenters. The van der Waals surface area contributed by atoms with Crippen LogP contribution in [0.2, 0.25) is 20.1 Å². The number of hydrogen-bond acceptors (Lipinski definition) is 4. The molecule has 7 nitrogen and oxygen atoms in total. The van der Waals surface area contributed by atoms with Gasteiger partial charge < -0.3 is 4.90 Å². The summed E-state index contributed by atoms with van der Waals surface area (Å²) in [4.78, 5) is 14.8. The topological polar surface area (TPSA) is 84.3 Å². The minimum atomic E-state index is -3.97. The Morgan fingerprint density at radius 3 is 2.19 bits per heavy atom. The summed E-state index contributed by atoms with van der Waals surface area (Å²) in [7, 11) is -0.770. The quantitative estimate of drug-likeness (QED) is 0.270. The van der Waals surface area contributed by atoms with E-state index < -0.39 is 10.0 Å². The number of aromatic nitrogens is 2. The second-order valence-corrected chi connectivity index (χ2v) is 11.6. The van der Waals surface area contributed by atoms with E-state index in [0.717, 1.165) is 0 Å². The first-order valence-corrected chi connectivity index (χ1v) is 13.8. The lowest BCUT2D eigenvalue weighted by Gasteiger charge is -2.15. The van der Waals surface area contributed by atoms with Gasteiger partial charge in [0.15, 0.2) is 0 Å². The molecular formula is C25H20Cl4N4O3S. The van der Waals surface area contributed by atoms with Crippen LogP contribution in [0.3, 0.4) is 0 Å². The van der Waals surface area contributed by atoms with Crippen LogP contribution in [0.1, 0.15) is 16.1 Å². The zero-order valence-electron chi connectivity index (χ0n) is 19.5. The highest BCUT2D eigenvalue weighted by molar-refractivity contribution is 7.89. The van der Waals surface area contributed by atoms with Crippen LogP contribution in [0.5, 0.6) is 0 Å². The van der Waals surface area contributed by atoms with E-state index in [-0.39, 0.29) is 33.6 Å². The van der Waals surface area contributed by atoms with Gasteiger partial charge in [-0.15, -0.1) is 0 Å². The molecule has 37 heavy (non-hydrogen) atoms. The first kappa shape index (κ1) is 27.4. The Hall–Kier alpha value is -2.59. The normalized spacial score (nSPS) is 11.5. The van der Waals surface area contributed by atoms with Gasteiger partial charge in [-0.2, -0.15) is 5.10 Å². The van der Waals surface area contributed by atoms with E-state index >= 15 is 0 Å². The Kier molecular flexibility index (Phi) is 8.18. The van der Waals surface area contributed by atoms with Crippen molar-refractivity contribution in [1.29, 1.82) is 0 Å². The highest BCUT2D eigenvalue weighted by atomic mass is 35.5. The van der Waals surface area contributed by atoms with Crippen LogP contribution in [0.15, 0.2) is 71.6 Å². The molecule has 0 spiro atoms. The summed E-state index contributed by atoms with van der Waals surface area (Å²) < 4.78 is 30.0. The Morgan fingerprint density at radius 2 is 1.57 bits per heavy atom. The summed E-state index contributed by atoms with van der Waals surface area (Å²) in [6, 6.07) is 17.6. The second kappa shape index (κ2) is 11.0. The molecule has 0 saturated carbocycles. The molecule has 0 radical (unpaired) electrons. The van der Waals surface area contributed by atoms with Gasteiger partial charge in [0.05, 0.1) is 39.1 Å². The third-order valence-corrected chi connectivity index (χ3v) is 7.79. The van der Waals surface area contributed by atoms with Gasteiger partial charge in [0.25, 0.3) is 5.91 Å². The van der Waals surface area contributed by atoms with Gasteiger partial charge in [-0.3, -0.25) is 4.79 Å². The lowest BCUT2D eigenvalue weighted by molar-refractivity contribution is 0.0827. The average molecular weight is 598 g/mol. The van der Waals surface area contributed by atoms with Gasteiger partial charge in [-0.05, 0) is 48.5 Å². The first-order chi connectivity index (χ1) is 17.5. The molecule has 1 heterocycles. The predicted octanol–water partition coefficient (Wildman–Crippen LogP) is 6.33. The molecule has 192 valence electrons. The summed E-state index contributed by atoms with van der Waals surface area (Å²) in [6.45, 7) is -0.275. The van der Waals surface area contributed by atoms with Crippen LogP contribution < -0.4 is 4.72 Å². The molecule has 0 saturated heterocycles. The number of sulfonamides is 1. The summed E-state index contributed by atoms with van der Waals surface area (Å²) in [6.07, 6.45) is 0. The van der Waals surface area contributed by atoms with Crippen LogP contribution in [0.25, 0.3) is 16.9 Å². The molecule has 1 N–H and O–H groups in total. The zero-order valence-corrected chi connectivity index (χ0v) is 23.4. The van der Waals surface area contributed by atoms with Crippen LogP contribution in [0, 0.1) is 0 Å². The molecule has 3 aromatic carbocycles. The van der Waals surface area contributed by atoms with E-state index in [1.54, 1.807) is 62.6 Å². The number of hydrogen-bond donors (Lipinski definition) is 1. The average Bonchev–Trinajstić information content (AvgIpc) is 3.21. The molecule has 4 aromatic rings. The molecule has 0 aliphatic carbocycles. The first-order valence-electron chi connectivity index (χ1n) is 10.8. The number of nitrogens with zero attached hydrogens (tertiary/aromatic N) is 3. The molecule has 0 unspecified atom stereocenters. The van der Waals surface area contributed by atoms with Crippen molar-refractivity contribution in [3.63, 3.8) is 0 Å². The maximum atomic E-state index is 13.4. The van der Waals surface area contributed by atoms with E-state index in [1.807, 2.05) is 0 Å². The second-order valence-electron chi connectivity index (χ2n) is 8.17. The summed E-state index contributed by atoms with van der Waals surface area (Å²) >= 11 is 24.7. The number of benzene rings is 3. The van der Waals surface area contributed by atoms with E-state index in [4.69, 9.17) is 46.4 Å². The minimum Gasteiger partial charge on any atom is -0.345 e. The number of carbonyl (C=O) groups is 1. The van der Waals surface area contributed by atoms with Gasteiger partial charge in [0, 0.05) is 34.7 Å². The highest BCUT2D eigenvalue weighted by Crippen LogP contribution is 2.34. The van der Waals surface area contributed by atoms with Gasteiger partial charge >= 0.3 is 0 Å². The molecule has 1 aromatic heterocycles. The zero-order chi connectivity index (χ0) is 26.9. The van der Waals surface area contributed by atoms with Gasteiger partial charge in [0.1, 0.15) is 0 Å². The van der Waals surface area contributed by atoms with E-state index in [2.05, 4.69) is 9.82 Å². The SMILES string of the molecule is CN(C)C(=O)c1c(CNS(=O)(=O)c2cccc(Cl)c2)nn(-c2ccc(Cl)cc2Cl)c1-c1ccc(Cl)cc1. The van der Waals surface area contributed by atoms with Crippen LogP contribution in [0.4, 0.5) is 0 Å². The van der Waals surface area contributed by atoms with Gasteiger partial charge in [0.2, 0.25) is 10.0 Å². The fourth-order valence-electron chi connectivity index (χ4n) is 3.62. The summed E-state index contributed by atoms with van der Waals surface area (Å²) in [5, 5.41) is 6.14. The maximum Gasteiger partial charge on any atom is 0.257 e. The molecule has 1 amide bonds. The number of rotatable bonds is 7. The van der Waals surface area contributed by atoms with Crippen molar-refractivity contribution in [1.82, 2.24) is 19.4 Å². The van der Waals surface area contributed by atoms with Crippen molar-refractivity contribution >= 4 is 62.3 Å². The Morgan fingerprint density at radius 1 is 0.919 bits per heavy atom. The number of nitrogens with one attached hydrogen (secondary N) is 1. The van der Waals surface area contributed by atoms with Gasteiger partial charge in [-0.25, -0.2) is 17.8 Å². The third kappa shape index (κ3) is 5.95. The minimum absolute atomic E-state index is 0.0152. The van der Waals surface area contributed by atoms with Crippen molar-refractivity contribution in [2.24, 2.45) is 0 Å². The largest absolute Gasteiger partial charge is 0.345 e. The van der Waals surface area contributed by atoms with Crippen molar-refractivity contribution < 1.29 is 13.2 Å². The lowest BCUT2D eigenvalue weighted by atomic mass is 10.0. The fraction of sp³-hybridized carbons (Fsp3) is 0.120. The fourth-order valence-corrected chi connectivity index (χ4v) is 5.52. The number of amides is 1. The number of halogens is 4. The van der Waals surface area contributed by atoms with Crippen LogP contribution in [-0.4, -0.2) is 43.1 Å². The Labute approximate surface area is 234 Å². The molecule has 0 aliphatic rings. The maximum absolute atomic E-state index is 13.4. The van der Waals surface area contributed by atoms with Crippen molar-refractivity contribution in [2.75, 3.05) is 14.1 Å². The standard InChI is InChI=1S/C25H20Cl4N4O3S/c1-32(2)25(34)23-21(14-30-37(35,36)19-5-3-4-17(27)12-19)31-33(22-11-10-18(28)13-20(22)29)24(23)15-6-8-16(26)9-7-15/h3-13,30H,14H2,1-2H3. The smallest absolute Gasteiger partial charge is 0.257 e. The van der Waals surface area contributed by atoms with E-state index in [0.29, 0.717) is 32.0 Å². The Bertz CT molecular complexity index is 1590. The predicted molar refractivity (Wildman–Crippen MR) is 148 cm³/mol. The summed E-state index contributed by atoms with van der Waals surface area (Å²) in [5.74, 6) is -0.377. The molecule has 0 fully saturated rings. The highest BCUT2D eigenvalue weighted by Gasteiger charge is 2.28. The molecule has 12 heteroatoms. The number of carbonyl (C=O) groups excluding carboxylic acids is 1. The van der Waals surface area contributed by atoms with Crippen molar-refractivity contribution in [3.05, 3.63) is 98.1 Å². The van der Waals surface area contributed by atoms with Crippen LogP contribution in [-0.2, 0) is 16.6 Å². The van der Waals surface area contributed by atoms with E-state index in [9.17, 15) is 13.2 Å². The van der Waals surface area contributed by atoms with Crippen LogP contribution >= 0.6 is 46.4 Å². The monoisotopic (exact) mass is 596 g/mol. The molecular weight excluding hydrogens is 578 g/mol. The summed E-state index contributed by atoms with van der Waals surface area (Å²) in [5.41, 5.74) is 1.88. The van der Waals surface area contributed by atoms with E-state index in [1.165, 1.54) is 27.8 Å². The third-order valence-electron chi connectivity index (χ3n) is 5.37. The molecule has 0 bridgehead atoms. The molecule has 0 aliphatic heterocycles.